The Kier molecular flexibility index (Phi) is 3.69. The Bertz CT molecular complexity index is 371. The normalized spacial score (nSPS) is 8.93. The summed E-state index contributed by atoms with van der Waals surface area (Å²) < 4.78 is 0. The van der Waals surface area contributed by atoms with Gasteiger partial charge in [-0.25, -0.2) is 0 Å². The number of hydrogen-bond acceptors (Lipinski definition) is 2. The molecule has 1 aromatic rings. The molecule has 0 unspecified atom stereocenters. The minimum atomic E-state index is -0.413. The van der Waals surface area contributed by atoms with Gasteiger partial charge in [0.25, 0.3) is 5.69 Å². The van der Waals surface area contributed by atoms with Crippen LogP contribution in [-0.2, 0) is 0 Å². The molecule has 0 spiro atoms. The average molecular weight is 189 g/mol. The summed E-state index contributed by atoms with van der Waals surface area (Å²) >= 11 is 0. The minimum absolute atomic E-state index is 0.103. The number of benzene rings is 1. The largest absolute Gasteiger partial charge is 0.269 e. The van der Waals surface area contributed by atoms with Gasteiger partial charge in [-0.1, -0.05) is 18.8 Å². The number of nitro groups is 1. The van der Waals surface area contributed by atoms with E-state index in [1.807, 2.05) is 0 Å². The molecule has 1 aromatic carbocycles. The van der Waals surface area contributed by atoms with E-state index in [-0.39, 0.29) is 5.69 Å². The second kappa shape index (κ2) is 5.03. The SMILES string of the molecule is CCCC#Cc1ccc([N+](=O)[O-])cc1. The third-order valence-corrected chi connectivity index (χ3v) is 1.69. The smallest absolute Gasteiger partial charge is 0.258 e. The van der Waals surface area contributed by atoms with Gasteiger partial charge < -0.3 is 0 Å². The number of rotatable bonds is 2. The van der Waals surface area contributed by atoms with Crippen LogP contribution in [0.4, 0.5) is 5.69 Å². The molecule has 0 saturated carbocycles. The van der Waals surface area contributed by atoms with Crippen molar-refractivity contribution < 1.29 is 4.92 Å². The van der Waals surface area contributed by atoms with Crippen LogP contribution >= 0.6 is 0 Å². The van der Waals surface area contributed by atoms with Gasteiger partial charge in [0.1, 0.15) is 0 Å². The van der Waals surface area contributed by atoms with E-state index in [9.17, 15) is 10.1 Å². The zero-order chi connectivity index (χ0) is 10.4. The molecule has 0 aliphatic rings. The Hall–Kier alpha value is -1.82. The highest BCUT2D eigenvalue weighted by Crippen LogP contribution is 2.10. The summed E-state index contributed by atoms with van der Waals surface area (Å²) in [7, 11) is 0. The summed E-state index contributed by atoms with van der Waals surface area (Å²) in [6, 6.07) is 6.27. The van der Waals surface area contributed by atoms with Crippen LogP contribution in [-0.4, -0.2) is 4.92 Å². The molecule has 0 amide bonds. The van der Waals surface area contributed by atoms with Gasteiger partial charge in [-0.15, -0.1) is 0 Å². The predicted molar refractivity (Wildman–Crippen MR) is 54.9 cm³/mol. The lowest BCUT2D eigenvalue weighted by molar-refractivity contribution is -0.384. The van der Waals surface area contributed by atoms with Crippen molar-refractivity contribution in [3.63, 3.8) is 0 Å². The molecule has 0 N–H and O–H groups in total. The zero-order valence-electron chi connectivity index (χ0n) is 7.99. The first-order valence-electron chi connectivity index (χ1n) is 4.47. The monoisotopic (exact) mass is 189 g/mol. The molecule has 0 aliphatic carbocycles. The predicted octanol–water partition coefficient (Wildman–Crippen LogP) is 2.75. The second-order valence-electron chi connectivity index (χ2n) is 2.86. The lowest BCUT2D eigenvalue weighted by atomic mass is 10.2. The molecular weight excluding hydrogens is 178 g/mol. The van der Waals surface area contributed by atoms with Crippen LogP contribution in [0.2, 0.25) is 0 Å². The molecule has 0 aromatic heterocycles. The third kappa shape index (κ3) is 2.91. The third-order valence-electron chi connectivity index (χ3n) is 1.69. The Morgan fingerprint density at radius 2 is 2.00 bits per heavy atom. The maximum atomic E-state index is 10.3. The number of nitrogens with zero attached hydrogens (tertiary/aromatic N) is 1. The van der Waals surface area contributed by atoms with Gasteiger partial charge >= 0.3 is 0 Å². The Morgan fingerprint density at radius 1 is 1.36 bits per heavy atom. The van der Waals surface area contributed by atoms with E-state index in [2.05, 4.69) is 18.8 Å². The highest BCUT2D eigenvalue weighted by atomic mass is 16.6. The average Bonchev–Trinajstić information content (AvgIpc) is 2.19. The van der Waals surface area contributed by atoms with Crippen LogP contribution in [0, 0.1) is 22.0 Å². The lowest BCUT2D eigenvalue weighted by Crippen LogP contribution is -1.86. The fraction of sp³-hybridized carbons (Fsp3) is 0.273. The number of hydrogen-bond donors (Lipinski definition) is 0. The van der Waals surface area contributed by atoms with Crippen LogP contribution in [0.25, 0.3) is 0 Å². The topological polar surface area (TPSA) is 43.1 Å². The van der Waals surface area contributed by atoms with E-state index in [0.29, 0.717) is 0 Å². The van der Waals surface area contributed by atoms with E-state index in [4.69, 9.17) is 0 Å². The zero-order valence-corrected chi connectivity index (χ0v) is 7.99. The van der Waals surface area contributed by atoms with Crippen LogP contribution in [0.1, 0.15) is 25.3 Å². The first-order chi connectivity index (χ1) is 6.74. The van der Waals surface area contributed by atoms with Crippen molar-refractivity contribution >= 4 is 5.69 Å². The lowest BCUT2D eigenvalue weighted by Gasteiger charge is -1.90. The molecule has 0 bridgehead atoms. The maximum absolute atomic E-state index is 10.3. The van der Waals surface area contributed by atoms with Crippen molar-refractivity contribution in [1.29, 1.82) is 0 Å². The Labute approximate surface area is 82.9 Å². The van der Waals surface area contributed by atoms with Crippen LogP contribution in [0.3, 0.4) is 0 Å². The molecule has 0 atom stereocenters. The van der Waals surface area contributed by atoms with Gasteiger partial charge in [-0.3, -0.25) is 10.1 Å². The van der Waals surface area contributed by atoms with E-state index >= 15 is 0 Å². The van der Waals surface area contributed by atoms with Crippen molar-refractivity contribution in [3.05, 3.63) is 39.9 Å². The Balaban J connectivity index is 2.75. The molecule has 3 nitrogen and oxygen atoms in total. The summed E-state index contributed by atoms with van der Waals surface area (Å²) in [4.78, 5) is 9.93. The molecule has 14 heavy (non-hydrogen) atoms. The first-order valence-corrected chi connectivity index (χ1v) is 4.47. The summed E-state index contributed by atoms with van der Waals surface area (Å²) in [5.74, 6) is 5.92. The summed E-state index contributed by atoms with van der Waals surface area (Å²) in [6.07, 6.45) is 1.89. The van der Waals surface area contributed by atoms with Crippen molar-refractivity contribution in [2.24, 2.45) is 0 Å². The quantitative estimate of drug-likeness (QED) is 0.408. The molecular formula is C11H11NO2. The van der Waals surface area contributed by atoms with Gasteiger partial charge in [-0.2, -0.15) is 0 Å². The number of unbranched alkanes of at least 4 members (excludes halogenated alkanes) is 1. The van der Waals surface area contributed by atoms with E-state index in [0.717, 1.165) is 18.4 Å². The maximum Gasteiger partial charge on any atom is 0.269 e. The first kappa shape index (κ1) is 10.3. The van der Waals surface area contributed by atoms with Crippen molar-refractivity contribution in [1.82, 2.24) is 0 Å². The summed E-state index contributed by atoms with van der Waals surface area (Å²) in [6.45, 7) is 2.06. The molecule has 0 saturated heterocycles. The molecule has 0 heterocycles. The van der Waals surface area contributed by atoms with Gasteiger partial charge in [-0.05, 0) is 18.6 Å². The molecule has 3 heteroatoms. The molecule has 0 fully saturated rings. The highest BCUT2D eigenvalue weighted by molar-refractivity contribution is 5.40. The molecule has 0 aliphatic heterocycles. The molecule has 72 valence electrons. The van der Waals surface area contributed by atoms with Crippen molar-refractivity contribution in [3.8, 4) is 11.8 Å². The van der Waals surface area contributed by atoms with Gasteiger partial charge in [0.05, 0.1) is 4.92 Å². The highest BCUT2D eigenvalue weighted by Gasteiger charge is 2.01. The van der Waals surface area contributed by atoms with E-state index < -0.39 is 4.92 Å². The van der Waals surface area contributed by atoms with E-state index in [1.165, 1.54) is 12.1 Å². The van der Waals surface area contributed by atoms with Crippen LogP contribution in [0.5, 0.6) is 0 Å². The van der Waals surface area contributed by atoms with Gasteiger partial charge in [0, 0.05) is 24.1 Å². The van der Waals surface area contributed by atoms with Crippen LogP contribution in [0.15, 0.2) is 24.3 Å². The Morgan fingerprint density at radius 3 is 2.50 bits per heavy atom. The summed E-state index contributed by atoms with van der Waals surface area (Å²) in [5.41, 5.74) is 0.926. The molecule has 0 radical (unpaired) electrons. The van der Waals surface area contributed by atoms with Crippen LogP contribution < -0.4 is 0 Å². The van der Waals surface area contributed by atoms with Crippen molar-refractivity contribution in [2.45, 2.75) is 19.8 Å². The van der Waals surface area contributed by atoms with E-state index in [1.54, 1.807) is 12.1 Å². The fourth-order valence-corrected chi connectivity index (χ4v) is 0.956. The standard InChI is InChI=1S/C11H11NO2/c1-2-3-4-5-10-6-8-11(9-7-10)12(13)14/h6-9H,2-3H2,1H3. The number of non-ortho nitro benzene ring substituents is 1. The van der Waals surface area contributed by atoms with Crippen molar-refractivity contribution in [2.75, 3.05) is 0 Å². The fourth-order valence-electron chi connectivity index (χ4n) is 0.956. The molecule has 1 rings (SSSR count). The minimum Gasteiger partial charge on any atom is -0.258 e. The van der Waals surface area contributed by atoms with Gasteiger partial charge in [0.2, 0.25) is 0 Å². The second-order valence-corrected chi connectivity index (χ2v) is 2.86. The summed E-state index contributed by atoms with van der Waals surface area (Å²) in [5, 5.41) is 10.3. The number of nitro benzene ring substituents is 1. The van der Waals surface area contributed by atoms with Gasteiger partial charge in [0.15, 0.2) is 0 Å².